The zero-order valence-electron chi connectivity index (χ0n) is 6.38. The van der Waals surface area contributed by atoms with Crippen molar-refractivity contribution >= 4 is 27.5 Å². The molecule has 0 aliphatic heterocycles. The molecule has 1 atom stereocenters. The highest BCUT2D eigenvalue weighted by Crippen LogP contribution is 2.30. The monoisotopic (exact) mass is 209 g/mol. The summed E-state index contributed by atoms with van der Waals surface area (Å²) in [7, 11) is -0.845. The molecule has 1 aromatic carbocycles. The Morgan fingerprint density at radius 3 is 2.25 bits per heavy atom. The smallest absolute Gasteiger partial charge is 0.150 e. The van der Waals surface area contributed by atoms with Gasteiger partial charge in [0, 0.05) is 0 Å². The zero-order valence-corrected chi connectivity index (χ0v) is 8.17. The number of rotatable bonds is 2. The molecule has 0 heterocycles. The minimum Gasteiger partial charge on any atom is -0.337 e. The molecule has 0 radical (unpaired) electrons. The SMILES string of the molecule is C[SH](S)Nc1c(F)cccc1F. The van der Waals surface area contributed by atoms with Gasteiger partial charge in [-0.3, -0.25) is 0 Å². The van der Waals surface area contributed by atoms with E-state index in [2.05, 4.69) is 16.4 Å². The van der Waals surface area contributed by atoms with Gasteiger partial charge in [-0.2, -0.15) is 0 Å². The van der Waals surface area contributed by atoms with Crippen molar-refractivity contribution in [1.29, 1.82) is 0 Å². The summed E-state index contributed by atoms with van der Waals surface area (Å²) in [5, 5.41) is 0. The number of hydrogen-bond donors (Lipinski definition) is 3. The molecular formula is C7H9F2NS2. The summed E-state index contributed by atoms with van der Waals surface area (Å²) in [5.41, 5.74) is -0.0962. The van der Waals surface area contributed by atoms with Gasteiger partial charge in [0.25, 0.3) is 0 Å². The van der Waals surface area contributed by atoms with E-state index in [1.54, 1.807) is 6.26 Å². The van der Waals surface area contributed by atoms with Crippen LogP contribution in [0.4, 0.5) is 14.5 Å². The Morgan fingerprint density at radius 2 is 1.83 bits per heavy atom. The second-order valence-electron chi connectivity index (χ2n) is 2.23. The lowest BCUT2D eigenvalue weighted by Crippen LogP contribution is -1.96. The maximum absolute atomic E-state index is 12.9. The molecule has 0 aliphatic rings. The summed E-state index contributed by atoms with van der Waals surface area (Å²) in [4.78, 5) is 0. The zero-order chi connectivity index (χ0) is 9.14. The van der Waals surface area contributed by atoms with Crippen LogP contribution in [0.3, 0.4) is 0 Å². The summed E-state index contributed by atoms with van der Waals surface area (Å²) in [6, 6.07) is 3.74. The van der Waals surface area contributed by atoms with Crippen LogP contribution >= 0.6 is 21.8 Å². The van der Waals surface area contributed by atoms with E-state index in [4.69, 9.17) is 0 Å². The Bertz CT molecular complexity index is 258. The standard InChI is InChI=1S/C7H9F2NS2/c1-12(11)10-7-5(8)3-2-4-6(7)9/h2-4,10-12H,1H3. The molecule has 1 unspecified atom stereocenters. The molecule has 0 saturated carbocycles. The van der Waals surface area contributed by atoms with E-state index in [1.807, 2.05) is 0 Å². The quantitative estimate of drug-likeness (QED) is 0.502. The molecule has 12 heavy (non-hydrogen) atoms. The van der Waals surface area contributed by atoms with Gasteiger partial charge in [0.05, 0.1) is 0 Å². The van der Waals surface area contributed by atoms with Crippen LogP contribution in [0.2, 0.25) is 0 Å². The predicted molar refractivity (Wildman–Crippen MR) is 53.9 cm³/mol. The van der Waals surface area contributed by atoms with Crippen LogP contribution in [0.15, 0.2) is 18.2 Å². The largest absolute Gasteiger partial charge is 0.337 e. The van der Waals surface area contributed by atoms with Crippen molar-refractivity contribution < 1.29 is 8.78 Å². The van der Waals surface area contributed by atoms with E-state index in [-0.39, 0.29) is 5.69 Å². The van der Waals surface area contributed by atoms with Crippen LogP contribution in [0.25, 0.3) is 0 Å². The summed E-state index contributed by atoms with van der Waals surface area (Å²) < 4.78 is 28.4. The number of thiol groups is 2. The van der Waals surface area contributed by atoms with Gasteiger partial charge in [-0.1, -0.05) is 6.07 Å². The van der Waals surface area contributed by atoms with Crippen LogP contribution in [-0.2, 0) is 0 Å². The van der Waals surface area contributed by atoms with Crippen molar-refractivity contribution in [2.45, 2.75) is 0 Å². The van der Waals surface area contributed by atoms with Crippen molar-refractivity contribution in [2.75, 3.05) is 11.0 Å². The minimum absolute atomic E-state index is 0.0962. The Kier molecular flexibility index (Phi) is 3.22. The van der Waals surface area contributed by atoms with Crippen LogP contribution in [-0.4, -0.2) is 6.26 Å². The fourth-order valence-electron chi connectivity index (χ4n) is 0.766. The molecule has 1 N–H and O–H groups in total. The molecule has 1 nitrogen and oxygen atoms in total. The highest BCUT2D eigenvalue weighted by atomic mass is 33.1. The molecule has 0 aliphatic carbocycles. The van der Waals surface area contributed by atoms with Gasteiger partial charge in [0.1, 0.15) is 17.3 Å². The number of benzene rings is 1. The van der Waals surface area contributed by atoms with E-state index in [0.717, 1.165) is 0 Å². The summed E-state index contributed by atoms with van der Waals surface area (Å²) in [6.07, 6.45) is 1.75. The van der Waals surface area contributed by atoms with Crippen LogP contribution in [0.1, 0.15) is 0 Å². The predicted octanol–water partition coefficient (Wildman–Crippen LogP) is 2.77. The summed E-state index contributed by atoms with van der Waals surface area (Å²) in [6.45, 7) is 0. The van der Waals surface area contributed by atoms with E-state index >= 15 is 0 Å². The lowest BCUT2D eigenvalue weighted by atomic mass is 10.3. The highest BCUT2D eigenvalue weighted by molar-refractivity contribution is 8.78. The van der Waals surface area contributed by atoms with E-state index in [0.29, 0.717) is 0 Å². The number of halogens is 2. The third-order valence-electron chi connectivity index (χ3n) is 1.24. The number of anilines is 1. The van der Waals surface area contributed by atoms with Gasteiger partial charge < -0.3 is 4.72 Å². The summed E-state index contributed by atoms with van der Waals surface area (Å²) in [5.74, 6) is -1.17. The van der Waals surface area contributed by atoms with E-state index < -0.39 is 21.7 Å². The second-order valence-corrected chi connectivity index (χ2v) is 5.30. The number of para-hydroxylation sites is 1. The maximum atomic E-state index is 12.9. The first-order valence-corrected chi connectivity index (χ1v) is 6.18. The lowest BCUT2D eigenvalue weighted by molar-refractivity contribution is 0.592. The molecule has 0 fully saturated rings. The molecule has 0 bridgehead atoms. The maximum Gasteiger partial charge on any atom is 0.150 e. The lowest BCUT2D eigenvalue weighted by Gasteiger charge is -2.13. The molecule has 1 aromatic rings. The van der Waals surface area contributed by atoms with Gasteiger partial charge in [-0.25, -0.2) is 8.78 Å². The fraction of sp³-hybridized carbons (Fsp3) is 0.143. The van der Waals surface area contributed by atoms with Crippen molar-refractivity contribution in [3.63, 3.8) is 0 Å². The van der Waals surface area contributed by atoms with Crippen molar-refractivity contribution in [3.8, 4) is 0 Å². The first-order valence-electron chi connectivity index (χ1n) is 3.24. The number of hydrogen-bond acceptors (Lipinski definition) is 2. The summed E-state index contributed by atoms with van der Waals surface area (Å²) >= 11 is 4.02. The Morgan fingerprint density at radius 1 is 1.33 bits per heavy atom. The average Bonchev–Trinajstić information content (AvgIpc) is 1.97. The molecule has 68 valence electrons. The van der Waals surface area contributed by atoms with Crippen molar-refractivity contribution in [1.82, 2.24) is 0 Å². The van der Waals surface area contributed by atoms with Crippen LogP contribution in [0.5, 0.6) is 0 Å². The van der Waals surface area contributed by atoms with Gasteiger partial charge in [0.2, 0.25) is 0 Å². The Hall–Kier alpha value is -0.420. The van der Waals surface area contributed by atoms with Gasteiger partial charge in [-0.05, 0) is 18.4 Å². The fourth-order valence-corrected chi connectivity index (χ4v) is 1.60. The number of nitrogens with one attached hydrogen (secondary N) is 1. The van der Waals surface area contributed by atoms with Gasteiger partial charge >= 0.3 is 0 Å². The topological polar surface area (TPSA) is 12.0 Å². The van der Waals surface area contributed by atoms with Gasteiger partial charge in [0.15, 0.2) is 0 Å². The molecular weight excluding hydrogens is 200 g/mol. The van der Waals surface area contributed by atoms with Crippen molar-refractivity contribution in [3.05, 3.63) is 29.8 Å². The Balaban J connectivity index is 2.96. The average molecular weight is 209 g/mol. The molecule has 1 rings (SSSR count). The van der Waals surface area contributed by atoms with Gasteiger partial charge in [-0.15, -0.1) is 21.8 Å². The minimum atomic E-state index is -0.845. The molecule has 0 aromatic heterocycles. The molecule has 0 spiro atoms. The Labute approximate surface area is 77.5 Å². The molecule has 5 heteroatoms. The van der Waals surface area contributed by atoms with Crippen LogP contribution in [0, 0.1) is 11.6 Å². The highest BCUT2D eigenvalue weighted by Gasteiger charge is 2.07. The third-order valence-corrected chi connectivity index (χ3v) is 2.08. The molecule has 0 amide bonds. The third kappa shape index (κ3) is 2.28. The normalized spacial score (nSPS) is 14.2. The first kappa shape index (κ1) is 9.67. The van der Waals surface area contributed by atoms with Crippen LogP contribution < -0.4 is 4.72 Å². The molecule has 0 saturated heterocycles. The first-order chi connectivity index (χ1) is 5.61. The second kappa shape index (κ2) is 4.00. The van der Waals surface area contributed by atoms with E-state index in [9.17, 15) is 8.78 Å². The van der Waals surface area contributed by atoms with E-state index in [1.165, 1.54) is 18.2 Å². The van der Waals surface area contributed by atoms with Crippen molar-refractivity contribution in [2.24, 2.45) is 0 Å².